The summed E-state index contributed by atoms with van der Waals surface area (Å²) in [6.07, 6.45) is 0.656. The maximum absolute atomic E-state index is 11.6. The highest BCUT2D eigenvalue weighted by atomic mass is 16.5. The van der Waals surface area contributed by atoms with Crippen LogP contribution in [0.5, 0.6) is 0 Å². The van der Waals surface area contributed by atoms with Gasteiger partial charge in [0.05, 0.1) is 6.61 Å². The SMILES string of the molecule is CC(C)CC(=O)C1(N)CCOC1=O. The van der Waals surface area contributed by atoms with Crippen LogP contribution in [0.1, 0.15) is 26.7 Å². The average Bonchev–Trinajstić information content (AvgIpc) is 2.32. The fourth-order valence-electron chi connectivity index (χ4n) is 1.34. The molecule has 1 saturated heterocycles. The highest BCUT2D eigenvalue weighted by Gasteiger charge is 2.46. The van der Waals surface area contributed by atoms with Crippen molar-refractivity contribution in [3.63, 3.8) is 0 Å². The van der Waals surface area contributed by atoms with Crippen molar-refractivity contribution in [2.45, 2.75) is 32.2 Å². The van der Waals surface area contributed by atoms with E-state index in [1.54, 1.807) is 0 Å². The van der Waals surface area contributed by atoms with Gasteiger partial charge in [0.25, 0.3) is 0 Å². The van der Waals surface area contributed by atoms with E-state index < -0.39 is 11.5 Å². The lowest BCUT2D eigenvalue weighted by atomic mass is 9.88. The first-order valence-corrected chi connectivity index (χ1v) is 4.46. The summed E-state index contributed by atoms with van der Waals surface area (Å²) in [5, 5.41) is 0. The normalized spacial score (nSPS) is 27.8. The molecule has 2 N–H and O–H groups in total. The van der Waals surface area contributed by atoms with Gasteiger partial charge in [-0.15, -0.1) is 0 Å². The molecule has 4 nitrogen and oxygen atoms in total. The molecule has 0 bridgehead atoms. The first kappa shape index (κ1) is 10.2. The number of nitrogens with two attached hydrogens (primary N) is 1. The smallest absolute Gasteiger partial charge is 0.334 e. The maximum atomic E-state index is 11.6. The summed E-state index contributed by atoms with van der Waals surface area (Å²) in [5.41, 5.74) is 4.31. The Bertz CT molecular complexity index is 237. The second-order valence-electron chi connectivity index (χ2n) is 3.88. The molecule has 1 heterocycles. The van der Waals surface area contributed by atoms with Gasteiger partial charge in [0.15, 0.2) is 11.3 Å². The Morgan fingerprint density at radius 3 is 2.69 bits per heavy atom. The Balaban J connectivity index is 2.69. The molecule has 1 aliphatic rings. The Morgan fingerprint density at radius 2 is 2.31 bits per heavy atom. The van der Waals surface area contributed by atoms with Crippen LogP contribution in [0, 0.1) is 5.92 Å². The lowest BCUT2D eigenvalue weighted by Crippen LogP contribution is -2.52. The summed E-state index contributed by atoms with van der Waals surface area (Å²) in [4.78, 5) is 22.7. The largest absolute Gasteiger partial charge is 0.464 e. The topological polar surface area (TPSA) is 69.4 Å². The van der Waals surface area contributed by atoms with Crippen molar-refractivity contribution in [3.05, 3.63) is 0 Å². The number of ether oxygens (including phenoxy) is 1. The quantitative estimate of drug-likeness (QED) is 0.505. The summed E-state index contributed by atoms with van der Waals surface area (Å²) in [6, 6.07) is 0. The van der Waals surface area contributed by atoms with E-state index in [0.29, 0.717) is 12.8 Å². The minimum Gasteiger partial charge on any atom is -0.464 e. The third kappa shape index (κ3) is 1.88. The van der Waals surface area contributed by atoms with Crippen LogP contribution in [0.15, 0.2) is 0 Å². The Morgan fingerprint density at radius 1 is 1.69 bits per heavy atom. The number of cyclic esters (lactones) is 1. The number of hydrogen-bond acceptors (Lipinski definition) is 4. The van der Waals surface area contributed by atoms with Crippen molar-refractivity contribution in [2.75, 3.05) is 6.61 Å². The number of rotatable bonds is 3. The highest BCUT2D eigenvalue weighted by molar-refractivity contribution is 6.09. The fraction of sp³-hybridized carbons (Fsp3) is 0.778. The monoisotopic (exact) mass is 185 g/mol. The summed E-state index contributed by atoms with van der Waals surface area (Å²) in [5.74, 6) is -0.551. The van der Waals surface area contributed by atoms with E-state index in [-0.39, 0.29) is 18.3 Å². The minimum absolute atomic E-state index is 0.204. The van der Waals surface area contributed by atoms with Gasteiger partial charge in [0.1, 0.15) is 0 Å². The molecule has 0 spiro atoms. The molecule has 1 unspecified atom stereocenters. The van der Waals surface area contributed by atoms with E-state index in [1.807, 2.05) is 13.8 Å². The van der Waals surface area contributed by atoms with Gasteiger partial charge in [-0.25, -0.2) is 4.79 Å². The molecule has 0 saturated carbocycles. The maximum Gasteiger partial charge on any atom is 0.334 e. The van der Waals surface area contributed by atoms with Gasteiger partial charge in [-0.1, -0.05) is 13.8 Å². The number of ketones is 1. The molecule has 0 radical (unpaired) electrons. The molecule has 1 rings (SSSR count). The Hall–Kier alpha value is -0.900. The van der Waals surface area contributed by atoms with Crippen molar-refractivity contribution < 1.29 is 14.3 Å². The fourth-order valence-corrected chi connectivity index (χ4v) is 1.34. The zero-order chi connectivity index (χ0) is 10.1. The van der Waals surface area contributed by atoms with E-state index in [1.165, 1.54) is 0 Å². The van der Waals surface area contributed by atoms with E-state index >= 15 is 0 Å². The summed E-state index contributed by atoms with van der Waals surface area (Å²) >= 11 is 0. The zero-order valence-corrected chi connectivity index (χ0v) is 8.00. The van der Waals surface area contributed by atoms with Gasteiger partial charge in [-0.2, -0.15) is 0 Å². The number of carbonyl (C=O) groups excluding carboxylic acids is 2. The van der Waals surface area contributed by atoms with Crippen LogP contribution in [-0.4, -0.2) is 23.9 Å². The highest BCUT2D eigenvalue weighted by Crippen LogP contribution is 2.21. The molecular formula is C9H15NO3. The standard InChI is InChI=1S/C9H15NO3/c1-6(2)5-7(11)9(10)3-4-13-8(9)12/h6H,3-5,10H2,1-2H3. The van der Waals surface area contributed by atoms with Gasteiger partial charge in [0, 0.05) is 12.8 Å². The van der Waals surface area contributed by atoms with Crippen molar-refractivity contribution in [2.24, 2.45) is 11.7 Å². The minimum atomic E-state index is -1.36. The van der Waals surface area contributed by atoms with Crippen LogP contribution < -0.4 is 5.73 Å². The average molecular weight is 185 g/mol. The predicted octanol–water partition coefficient (Wildman–Crippen LogP) is 0.246. The zero-order valence-electron chi connectivity index (χ0n) is 8.00. The first-order valence-electron chi connectivity index (χ1n) is 4.46. The van der Waals surface area contributed by atoms with E-state index in [2.05, 4.69) is 4.74 Å². The molecule has 1 atom stereocenters. The number of esters is 1. The van der Waals surface area contributed by atoms with Gasteiger partial charge < -0.3 is 10.5 Å². The molecule has 1 aliphatic heterocycles. The van der Waals surface area contributed by atoms with E-state index in [9.17, 15) is 9.59 Å². The molecule has 74 valence electrons. The summed E-state index contributed by atoms with van der Waals surface area (Å²) < 4.78 is 4.69. The lowest BCUT2D eigenvalue weighted by Gasteiger charge is -2.18. The molecule has 0 aromatic rings. The first-order chi connectivity index (χ1) is 5.97. The molecule has 1 fully saturated rings. The van der Waals surface area contributed by atoms with Crippen LogP contribution in [0.3, 0.4) is 0 Å². The predicted molar refractivity (Wildman–Crippen MR) is 47.0 cm³/mol. The summed E-state index contributed by atoms with van der Waals surface area (Å²) in [7, 11) is 0. The van der Waals surface area contributed by atoms with Crippen molar-refractivity contribution in [1.29, 1.82) is 0 Å². The van der Waals surface area contributed by atoms with Crippen LogP contribution in [-0.2, 0) is 14.3 Å². The number of Topliss-reactive ketones (excluding diaryl/α,β-unsaturated/α-hetero) is 1. The van der Waals surface area contributed by atoms with E-state index in [4.69, 9.17) is 5.73 Å². The van der Waals surface area contributed by atoms with Crippen molar-refractivity contribution in [1.82, 2.24) is 0 Å². The van der Waals surface area contributed by atoms with Crippen molar-refractivity contribution in [3.8, 4) is 0 Å². The van der Waals surface area contributed by atoms with Crippen molar-refractivity contribution >= 4 is 11.8 Å². The van der Waals surface area contributed by atoms with E-state index in [0.717, 1.165) is 0 Å². The van der Waals surface area contributed by atoms with Crippen LogP contribution in [0.25, 0.3) is 0 Å². The third-order valence-electron chi connectivity index (χ3n) is 2.19. The molecule has 0 aromatic heterocycles. The molecule has 4 heteroatoms. The Kier molecular flexibility index (Phi) is 2.71. The van der Waals surface area contributed by atoms with Gasteiger partial charge in [0.2, 0.25) is 0 Å². The lowest BCUT2D eigenvalue weighted by molar-refractivity contribution is -0.146. The van der Waals surface area contributed by atoms with Crippen LogP contribution in [0.4, 0.5) is 0 Å². The van der Waals surface area contributed by atoms with Gasteiger partial charge in [-0.05, 0) is 5.92 Å². The number of carbonyl (C=O) groups is 2. The number of hydrogen-bond donors (Lipinski definition) is 1. The molecule has 0 aromatic carbocycles. The molecular weight excluding hydrogens is 170 g/mol. The van der Waals surface area contributed by atoms with Gasteiger partial charge >= 0.3 is 5.97 Å². The third-order valence-corrected chi connectivity index (χ3v) is 2.19. The van der Waals surface area contributed by atoms with Crippen LogP contribution in [0.2, 0.25) is 0 Å². The van der Waals surface area contributed by atoms with Crippen LogP contribution >= 0.6 is 0 Å². The molecule has 13 heavy (non-hydrogen) atoms. The second kappa shape index (κ2) is 3.46. The Labute approximate surface area is 77.4 Å². The second-order valence-corrected chi connectivity index (χ2v) is 3.88. The molecule has 0 amide bonds. The molecule has 0 aliphatic carbocycles. The summed E-state index contributed by atoms with van der Waals surface area (Å²) in [6.45, 7) is 4.10. The van der Waals surface area contributed by atoms with Gasteiger partial charge in [-0.3, -0.25) is 4.79 Å².